The summed E-state index contributed by atoms with van der Waals surface area (Å²) in [7, 11) is 0. The van der Waals surface area contributed by atoms with Crippen LogP contribution in [0.25, 0.3) is 16.6 Å². The van der Waals surface area contributed by atoms with Gasteiger partial charge in [0.1, 0.15) is 5.82 Å². The average molecular weight is 482 g/mol. The van der Waals surface area contributed by atoms with Gasteiger partial charge < -0.3 is 4.90 Å². The zero-order chi connectivity index (χ0) is 25.7. The summed E-state index contributed by atoms with van der Waals surface area (Å²) >= 11 is 0. The van der Waals surface area contributed by atoms with Gasteiger partial charge in [0.25, 0.3) is 11.5 Å². The third-order valence-electron chi connectivity index (χ3n) is 6.87. The van der Waals surface area contributed by atoms with Crippen molar-refractivity contribution in [2.75, 3.05) is 6.54 Å². The summed E-state index contributed by atoms with van der Waals surface area (Å²) < 4.78 is 1.68. The second-order valence-corrected chi connectivity index (χ2v) is 9.23. The van der Waals surface area contributed by atoms with E-state index in [1.807, 2.05) is 84.6 Å². The van der Waals surface area contributed by atoms with Crippen LogP contribution in [0.2, 0.25) is 0 Å². The van der Waals surface area contributed by atoms with Crippen LogP contribution >= 0.6 is 0 Å². The van der Waals surface area contributed by atoms with Crippen LogP contribution in [0.15, 0.2) is 77.6 Å². The normalized spacial score (nSPS) is 12.0. The minimum Gasteiger partial charge on any atom is -0.329 e. The van der Waals surface area contributed by atoms with Crippen molar-refractivity contribution in [2.45, 2.75) is 59.4 Å². The predicted molar refractivity (Wildman–Crippen MR) is 147 cm³/mol. The van der Waals surface area contributed by atoms with Crippen molar-refractivity contribution in [3.8, 4) is 5.69 Å². The first-order valence-electron chi connectivity index (χ1n) is 13.0. The average Bonchev–Trinajstić information content (AvgIpc) is 2.93. The fourth-order valence-electron chi connectivity index (χ4n) is 4.55. The summed E-state index contributed by atoms with van der Waals surface area (Å²) in [5, 5.41) is 0.564. The molecule has 5 heteroatoms. The van der Waals surface area contributed by atoms with Gasteiger partial charge in [-0.1, -0.05) is 63.6 Å². The van der Waals surface area contributed by atoms with Gasteiger partial charge in [0, 0.05) is 12.1 Å². The molecule has 0 spiro atoms. The van der Waals surface area contributed by atoms with Gasteiger partial charge in [-0.25, -0.2) is 4.98 Å². The third-order valence-corrected chi connectivity index (χ3v) is 6.87. The van der Waals surface area contributed by atoms with Crippen molar-refractivity contribution in [1.29, 1.82) is 0 Å². The van der Waals surface area contributed by atoms with E-state index in [1.54, 1.807) is 4.57 Å². The molecule has 1 unspecified atom stereocenters. The number of carbonyl (C=O) groups is 1. The molecule has 0 saturated carbocycles. The van der Waals surface area contributed by atoms with Gasteiger partial charge in [-0.2, -0.15) is 0 Å². The smallest absolute Gasteiger partial charge is 0.266 e. The molecule has 0 N–H and O–H groups in total. The molecule has 1 aromatic heterocycles. The number of para-hydroxylation sites is 1. The Bertz CT molecular complexity index is 1390. The second-order valence-electron chi connectivity index (χ2n) is 9.23. The molecule has 186 valence electrons. The monoisotopic (exact) mass is 481 g/mol. The number of unbranched alkanes of at least 4 members (excludes halogenated alkanes) is 1. The van der Waals surface area contributed by atoms with Gasteiger partial charge >= 0.3 is 0 Å². The summed E-state index contributed by atoms with van der Waals surface area (Å²) in [6.07, 6.45) is 3.67. The molecule has 1 amide bonds. The van der Waals surface area contributed by atoms with E-state index in [9.17, 15) is 9.59 Å². The number of nitrogens with zero attached hydrogens (tertiary/aromatic N) is 3. The first kappa shape index (κ1) is 25.4. The van der Waals surface area contributed by atoms with Gasteiger partial charge in [0.15, 0.2) is 0 Å². The Kier molecular flexibility index (Phi) is 7.99. The molecule has 0 aliphatic heterocycles. The van der Waals surface area contributed by atoms with E-state index in [-0.39, 0.29) is 11.5 Å². The number of rotatable bonds is 9. The third kappa shape index (κ3) is 5.11. The maximum Gasteiger partial charge on any atom is 0.266 e. The maximum absolute atomic E-state index is 13.8. The molecular weight excluding hydrogens is 446 g/mol. The van der Waals surface area contributed by atoms with Crippen LogP contribution in [0.3, 0.4) is 0 Å². The molecule has 0 saturated heterocycles. The van der Waals surface area contributed by atoms with Crippen molar-refractivity contribution in [1.82, 2.24) is 14.5 Å². The predicted octanol–water partition coefficient (Wildman–Crippen LogP) is 6.51. The van der Waals surface area contributed by atoms with Crippen molar-refractivity contribution in [2.24, 2.45) is 0 Å². The molecule has 36 heavy (non-hydrogen) atoms. The lowest BCUT2D eigenvalue weighted by atomic mass is 10.1. The van der Waals surface area contributed by atoms with Crippen LogP contribution in [0, 0.1) is 0 Å². The Labute approximate surface area is 213 Å². The Hall–Kier alpha value is -3.73. The van der Waals surface area contributed by atoms with Crippen molar-refractivity contribution in [3.05, 3.63) is 106 Å². The molecule has 0 aliphatic carbocycles. The Morgan fingerprint density at radius 1 is 0.889 bits per heavy atom. The zero-order valence-electron chi connectivity index (χ0n) is 21.7. The summed E-state index contributed by atoms with van der Waals surface area (Å²) in [5.41, 5.74) is 4.32. The molecule has 5 nitrogen and oxygen atoms in total. The van der Waals surface area contributed by atoms with Gasteiger partial charge in [-0.3, -0.25) is 14.2 Å². The number of amides is 1. The van der Waals surface area contributed by atoms with E-state index in [1.165, 1.54) is 11.1 Å². The lowest BCUT2D eigenvalue weighted by Crippen LogP contribution is -2.38. The first-order valence-corrected chi connectivity index (χ1v) is 13.0. The van der Waals surface area contributed by atoms with Crippen LogP contribution in [0.5, 0.6) is 0 Å². The largest absolute Gasteiger partial charge is 0.329 e. The Balaban J connectivity index is 1.86. The highest BCUT2D eigenvalue weighted by molar-refractivity contribution is 5.94. The molecule has 1 heterocycles. The first-order chi connectivity index (χ1) is 17.5. The number of fused-ring (bicyclic) bond motifs is 1. The van der Waals surface area contributed by atoms with E-state index in [0.29, 0.717) is 28.8 Å². The Morgan fingerprint density at radius 2 is 1.50 bits per heavy atom. The topological polar surface area (TPSA) is 55.2 Å². The van der Waals surface area contributed by atoms with Crippen molar-refractivity contribution >= 4 is 16.8 Å². The van der Waals surface area contributed by atoms with Crippen LogP contribution in [0.4, 0.5) is 0 Å². The van der Waals surface area contributed by atoms with E-state index in [0.717, 1.165) is 31.4 Å². The fraction of sp³-hybridized carbons (Fsp3) is 0.323. The standard InChI is InChI=1S/C31H35N3O2/c1-5-8-21-33(30(35)25-17-13-23(6-2)14-18-25)22(4)29-32-28-12-10-9-11-27(28)31(36)34(29)26-19-15-24(7-3)16-20-26/h9-20,22H,5-8,21H2,1-4H3. The minimum atomic E-state index is -0.405. The molecule has 4 aromatic rings. The van der Waals surface area contributed by atoms with Gasteiger partial charge in [-0.05, 0) is 73.7 Å². The maximum atomic E-state index is 13.8. The molecular formula is C31H35N3O2. The van der Waals surface area contributed by atoms with Crippen LogP contribution in [-0.2, 0) is 12.8 Å². The number of aryl methyl sites for hydroxylation is 2. The summed E-state index contributed by atoms with van der Waals surface area (Å²) in [6, 6.07) is 22.8. The second kappa shape index (κ2) is 11.3. The van der Waals surface area contributed by atoms with E-state index in [2.05, 4.69) is 20.8 Å². The fourth-order valence-corrected chi connectivity index (χ4v) is 4.55. The number of hydrogen-bond acceptors (Lipinski definition) is 3. The quantitative estimate of drug-likeness (QED) is 0.274. The van der Waals surface area contributed by atoms with Gasteiger partial charge in [0.2, 0.25) is 0 Å². The molecule has 1 atom stereocenters. The van der Waals surface area contributed by atoms with Crippen molar-refractivity contribution < 1.29 is 4.79 Å². The SMILES string of the molecule is CCCCN(C(=O)c1ccc(CC)cc1)C(C)c1nc2ccccc2c(=O)n1-c1ccc(CC)cc1. The summed E-state index contributed by atoms with van der Waals surface area (Å²) in [5.74, 6) is 0.520. The summed E-state index contributed by atoms with van der Waals surface area (Å²) in [4.78, 5) is 34.3. The minimum absolute atomic E-state index is 0.0473. The lowest BCUT2D eigenvalue weighted by Gasteiger charge is -2.31. The number of carbonyl (C=O) groups excluding carboxylic acids is 1. The van der Waals surface area contributed by atoms with Crippen LogP contribution in [-0.4, -0.2) is 26.9 Å². The lowest BCUT2D eigenvalue weighted by molar-refractivity contribution is 0.0678. The van der Waals surface area contributed by atoms with E-state index >= 15 is 0 Å². The van der Waals surface area contributed by atoms with Crippen molar-refractivity contribution in [3.63, 3.8) is 0 Å². The van der Waals surface area contributed by atoms with E-state index in [4.69, 9.17) is 4.98 Å². The molecule has 3 aromatic carbocycles. The molecule has 0 aliphatic rings. The van der Waals surface area contributed by atoms with Crippen LogP contribution < -0.4 is 5.56 Å². The Morgan fingerprint density at radius 3 is 2.11 bits per heavy atom. The highest BCUT2D eigenvalue weighted by Gasteiger charge is 2.27. The summed E-state index contributed by atoms with van der Waals surface area (Å²) in [6.45, 7) is 8.88. The highest BCUT2D eigenvalue weighted by atomic mass is 16.2. The van der Waals surface area contributed by atoms with Gasteiger partial charge in [-0.15, -0.1) is 0 Å². The van der Waals surface area contributed by atoms with Crippen LogP contribution in [0.1, 0.15) is 73.9 Å². The number of benzene rings is 3. The molecule has 4 rings (SSSR count). The molecule has 0 bridgehead atoms. The van der Waals surface area contributed by atoms with Gasteiger partial charge in [0.05, 0.1) is 22.6 Å². The number of hydrogen-bond donors (Lipinski definition) is 0. The van der Waals surface area contributed by atoms with E-state index < -0.39 is 6.04 Å². The highest BCUT2D eigenvalue weighted by Crippen LogP contribution is 2.25. The number of aromatic nitrogens is 2. The molecule has 0 radical (unpaired) electrons. The zero-order valence-corrected chi connectivity index (χ0v) is 21.7. The molecule has 0 fully saturated rings.